The van der Waals surface area contributed by atoms with Gasteiger partial charge in [0.2, 0.25) is 0 Å². The molecular weight excluding hydrogens is 444 g/mol. The van der Waals surface area contributed by atoms with Gasteiger partial charge in [-0.3, -0.25) is 0 Å². The highest BCUT2D eigenvalue weighted by Crippen LogP contribution is 2.05. The van der Waals surface area contributed by atoms with Gasteiger partial charge in [0.15, 0.2) is 10.2 Å². The standard InChI is InChI=1S/C20H44N10S2/c1-3-27-17(31)29-19-11-21-5-8-24-14-20(30-18(32)28-4-2,15-25-9-6-22-12-19)16-26-10-7-23-13-19/h21-26H,3-16H2,1-2H3,(H2,27,29,31)(H2,28,30,32). The fourth-order valence-corrected chi connectivity index (χ4v) is 4.75. The molecule has 3 saturated heterocycles. The molecule has 0 aromatic carbocycles. The van der Waals surface area contributed by atoms with Gasteiger partial charge in [-0.15, -0.1) is 0 Å². The molecule has 10 N–H and O–H groups in total. The number of thiocarbonyl (C=S) groups is 2. The SMILES string of the molecule is CCNC(=S)NC12CNCCNCC(NC(=S)NCC)(CNCCNC1)CNCCNC2. The summed E-state index contributed by atoms with van der Waals surface area (Å²) in [6.45, 7) is 15.7. The van der Waals surface area contributed by atoms with Crippen LogP contribution in [-0.4, -0.2) is 113 Å². The maximum Gasteiger partial charge on any atom is 0.166 e. The lowest BCUT2D eigenvalue weighted by Crippen LogP contribution is -2.69. The van der Waals surface area contributed by atoms with Gasteiger partial charge in [-0.25, -0.2) is 0 Å². The van der Waals surface area contributed by atoms with E-state index in [0.29, 0.717) is 10.2 Å². The third kappa shape index (κ3) is 9.96. The molecule has 0 spiro atoms. The highest BCUT2D eigenvalue weighted by molar-refractivity contribution is 7.80. The van der Waals surface area contributed by atoms with Crippen LogP contribution in [-0.2, 0) is 0 Å². The Labute approximate surface area is 204 Å². The van der Waals surface area contributed by atoms with Crippen LogP contribution in [0.2, 0.25) is 0 Å². The van der Waals surface area contributed by atoms with Crippen LogP contribution >= 0.6 is 24.4 Å². The van der Waals surface area contributed by atoms with Gasteiger partial charge >= 0.3 is 0 Å². The molecule has 0 aromatic rings. The maximum atomic E-state index is 5.54. The first-order valence-electron chi connectivity index (χ1n) is 11.9. The largest absolute Gasteiger partial charge is 0.363 e. The average molecular weight is 489 g/mol. The van der Waals surface area contributed by atoms with E-state index in [-0.39, 0.29) is 11.1 Å². The van der Waals surface area contributed by atoms with E-state index < -0.39 is 0 Å². The molecule has 0 atom stereocenters. The molecule has 0 unspecified atom stereocenters. The van der Waals surface area contributed by atoms with Crippen molar-refractivity contribution in [1.82, 2.24) is 53.2 Å². The highest BCUT2D eigenvalue weighted by atomic mass is 32.1. The van der Waals surface area contributed by atoms with Gasteiger partial charge in [0.1, 0.15) is 0 Å². The molecule has 12 heteroatoms. The molecule has 0 amide bonds. The lowest BCUT2D eigenvalue weighted by Gasteiger charge is -2.39. The van der Waals surface area contributed by atoms with Gasteiger partial charge in [0.25, 0.3) is 0 Å². The Hall–Kier alpha value is -0.860. The molecule has 3 heterocycles. The minimum absolute atomic E-state index is 0.225. The minimum atomic E-state index is -0.225. The Bertz CT molecular complexity index is 471. The van der Waals surface area contributed by atoms with Crippen LogP contribution in [0.15, 0.2) is 0 Å². The predicted molar refractivity (Wildman–Crippen MR) is 142 cm³/mol. The first-order chi connectivity index (χ1) is 15.5. The number of hydrogen-bond acceptors (Lipinski definition) is 8. The van der Waals surface area contributed by atoms with Gasteiger partial charge in [0, 0.05) is 91.6 Å². The predicted octanol–water partition coefficient (Wildman–Crippen LogP) is -3.00. The second-order valence-electron chi connectivity index (χ2n) is 8.59. The number of rotatable bonds is 4. The van der Waals surface area contributed by atoms with Crippen molar-refractivity contribution in [2.45, 2.75) is 24.9 Å². The zero-order valence-corrected chi connectivity index (χ0v) is 21.3. The molecule has 186 valence electrons. The van der Waals surface area contributed by atoms with Crippen LogP contribution in [0, 0.1) is 0 Å². The number of nitrogens with one attached hydrogen (secondary N) is 10. The van der Waals surface area contributed by atoms with Crippen LogP contribution in [0.4, 0.5) is 0 Å². The van der Waals surface area contributed by atoms with E-state index in [2.05, 4.69) is 67.0 Å². The summed E-state index contributed by atoms with van der Waals surface area (Å²) in [6.07, 6.45) is 0. The van der Waals surface area contributed by atoms with E-state index in [1.807, 2.05) is 0 Å². The molecule has 3 rings (SSSR count). The van der Waals surface area contributed by atoms with Crippen molar-refractivity contribution in [1.29, 1.82) is 0 Å². The van der Waals surface area contributed by atoms with Crippen molar-refractivity contribution in [3.63, 3.8) is 0 Å². The molecule has 10 nitrogen and oxygen atoms in total. The molecule has 0 aromatic heterocycles. The Morgan fingerprint density at radius 2 is 0.812 bits per heavy atom. The van der Waals surface area contributed by atoms with Crippen LogP contribution in [0.1, 0.15) is 13.8 Å². The monoisotopic (exact) mass is 488 g/mol. The molecular formula is C20H44N10S2. The van der Waals surface area contributed by atoms with E-state index >= 15 is 0 Å². The van der Waals surface area contributed by atoms with Crippen molar-refractivity contribution in [3.8, 4) is 0 Å². The molecule has 0 radical (unpaired) electrons. The van der Waals surface area contributed by atoms with Crippen molar-refractivity contribution in [2.75, 3.05) is 91.6 Å². The van der Waals surface area contributed by atoms with E-state index in [4.69, 9.17) is 24.4 Å². The Morgan fingerprint density at radius 1 is 0.562 bits per heavy atom. The van der Waals surface area contributed by atoms with Crippen molar-refractivity contribution in [3.05, 3.63) is 0 Å². The Kier molecular flexibility index (Phi) is 12.9. The molecule has 0 aliphatic carbocycles. The van der Waals surface area contributed by atoms with Gasteiger partial charge < -0.3 is 53.2 Å². The van der Waals surface area contributed by atoms with Gasteiger partial charge in [-0.1, -0.05) is 0 Å². The summed E-state index contributed by atoms with van der Waals surface area (Å²) in [5.74, 6) is 0. The summed E-state index contributed by atoms with van der Waals surface area (Å²) >= 11 is 11.1. The second kappa shape index (κ2) is 15.1. The van der Waals surface area contributed by atoms with Crippen LogP contribution in [0.25, 0.3) is 0 Å². The number of hydrogen-bond donors (Lipinski definition) is 10. The first kappa shape index (κ1) is 27.4. The summed E-state index contributed by atoms with van der Waals surface area (Å²) < 4.78 is 0. The summed E-state index contributed by atoms with van der Waals surface area (Å²) in [6, 6.07) is 0. The third-order valence-electron chi connectivity index (χ3n) is 5.65. The van der Waals surface area contributed by atoms with Gasteiger partial charge in [-0.05, 0) is 38.3 Å². The summed E-state index contributed by atoms with van der Waals surface area (Å²) in [4.78, 5) is 0. The molecule has 3 fully saturated rings. The van der Waals surface area contributed by atoms with Crippen molar-refractivity contribution in [2.24, 2.45) is 0 Å². The van der Waals surface area contributed by atoms with E-state index in [0.717, 1.165) is 91.6 Å². The Balaban J connectivity index is 2.16. The summed E-state index contributed by atoms with van der Waals surface area (Å²) in [7, 11) is 0. The molecule has 0 saturated carbocycles. The van der Waals surface area contributed by atoms with Gasteiger partial charge in [0.05, 0.1) is 11.1 Å². The summed E-state index contributed by atoms with van der Waals surface area (Å²) in [5.41, 5.74) is -0.451. The molecule has 32 heavy (non-hydrogen) atoms. The van der Waals surface area contributed by atoms with E-state index in [9.17, 15) is 0 Å². The second-order valence-corrected chi connectivity index (χ2v) is 9.41. The molecule has 3 aliphatic heterocycles. The normalized spacial score (nSPS) is 28.7. The van der Waals surface area contributed by atoms with E-state index in [1.54, 1.807) is 0 Å². The lowest BCUT2D eigenvalue weighted by atomic mass is 9.97. The van der Waals surface area contributed by atoms with Crippen LogP contribution < -0.4 is 53.2 Å². The van der Waals surface area contributed by atoms with Gasteiger partial charge in [-0.2, -0.15) is 0 Å². The molecule has 3 aliphatic rings. The fourth-order valence-electron chi connectivity index (χ4n) is 4.03. The van der Waals surface area contributed by atoms with Crippen LogP contribution in [0.5, 0.6) is 0 Å². The maximum absolute atomic E-state index is 5.54. The zero-order valence-electron chi connectivity index (χ0n) is 19.7. The fraction of sp³-hybridized carbons (Fsp3) is 0.900. The Morgan fingerprint density at radius 3 is 1.03 bits per heavy atom. The van der Waals surface area contributed by atoms with E-state index in [1.165, 1.54) is 0 Å². The molecule has 2 bridgehead atoms. The minimum Gasteiger partial charge on any atom is -0.363 e. The number of fused-ring (bicyclic) bond motifs is 15. The lowest BCUT2D eigenvalue weighted by molar-refractivity contribution is 0.287. The van der Waals surface area contributed by atoms with Crippen molar-refractivity contribution >= 4 is 34.7 Å². The van der Waals surface area contributed by atoms with Crippen LogP contribution in [0.3, 0.4) is 0 Å². The smallest absolute Gasteiger partial charge is 0.166 e. The quantitative estimate of drug-likeness (QED) is 0.186. The topological polar surface area (TPSA) is 120 Å². The first-order valence-corrected chi connectivity index (χ1v) is 12.7. The van der Waals surface area contributed by atoms with Crippen molar-refractivity contribution < 1.29 is 0 Å². The zero-order chi connectivity index (χ0) is 23.1. The summed E-state index contributed by atoms with van der Waals surface area (Å²) in [5, 5.41) is 36.8. The average Bonchev–Trinajstić information content (AvgIpc) is 2.75. The third-order valence-corrected chi connectivity index (χ3v) is 6.14. The highest BCUT2D eigenvalue weighted by Gasteiger charge is 2.32.